The number of nitrogens with one attached hydrogen (secondary N) is 1. The van der Waals surface area contributed by atoms with Gasteiger partial charge in [0.2, 0.25) is 0 Å². The second-order valence-corrected chi connectivity index (χ2v) is 8.92. The van der Waals surface area contributed by atoms with E-state index in [1.807, 2.05) is 45.0 Å². The Balaban J connectivity index is 1.62. The minimum Gasteiger partial charge on any atom is -0.444 e. The first kappa shape index (κ1) is 17.9. The molecule has 3 rings (SSSR count). The molecule has 1 aromatic heterocycles. The Hall–Kier alpha value is -1.89. The molecular weight excluding hydrogens is 338 g/mol. The largest absolute Gasteiger partial charge is 0.444 e. The van der Waals surface area contributed by atoms with Gasteiger partial charge in [-0.3, -0.25) is 4.21 Å². The van der Waals surface area contributed by atoms with Crippen molar-refractivity contribution in [2.75, 3.05) is 18.8 Å². The minimum atomic E-state index is -1.21. The first-order valence-corrected chi connectivity index (χ1v) is 9.95. The third-order valence-corrected chi connectivity index (χ3v) is 5.54. The fourth-order valence-corrected chi connectivity index (χ4v) is 4.31. The van der Waals surface area contributed by atoms with E-state index in [0.29, 0.717) is 24.0 Å². The average molecular weight is 363 g/mol. The summed E-state index contributed by atoms with van der Waals surface area (Å²) in [5, 5.41) is 0.510. The lowest BCUT2D eigenvalue weighted by molar-refractivity contribution is 0.0176. The molecule has 1 aliphatic rings. The Labute approximate surface area is 150 Å². The van der Waals surface area contributed by atoms with Crippen LogP contribution in [0.5, 0.6) is 0 Å². The van der Waals surface area contributed by atoms with Crippen LogP contribution in [0.4, 0.5) is 4.79 Å². The van der Waals surface area contributed by atoms with Gasteiger partial charge in [0.25, 0.3) is 0 Å². The molecule has 1 aromatic carbocycles. The third kappa shape index (κ3) is 4.60. The van der Waals surface area contributed by atoms with Crippen LogP contribution < -0.4 is 0 Å². The number of carbonyl (C=O) groups excluding carboxylic acids is 1. The number of amides is 1. The predicted octanol–water partition coefficient (Wildman–Crippen LogP) is 3.32. The van der Waals surface area contributed by atoms with Crippen molar-refractivity contribution in [1.82, 2.24) is 14.9 Å². The minimum absolute atomic E-state index is 0.190. The normalized spacial score (nSPS) is 19.8. The lowest BCUT2D eigenvalue weighted by atomic mass is 10.0. The predicted molar refractivity (Wildman–Crippen MR) is 97.9 cm³/mol. The van der Waals surface area contributed by atoms with Crippen molar-refractivity contribution < 1.29 is 13.7 Å². The first-order valence-electron chi connectivity index (χ1n) is 8.63. The van der Waals surface area contributed by atoms with E-state index in [9.17, 15) is 9.00 Å². The van der Waals surface area contributed by atoms with Gasteiger partial charge in [-0.1, -0.05) is 12.1 Å². The summed E-state index contributed by atoms with van der Waals surface area (Å²) in [6, 6.07) is 7.66. The van der Waals surface area contributed by atoms with Gasteiger partial charge < -0.3 is 14.6 Å². The van der Waals surface area contributed by atoms with Crippen molar-refractivity contribution >= 4 is 27.9 Å². The number of rotatable bonds is 3. The van der Waals surface area contributed by atoms with Crippen molar-refractivity contribution in [2.45, 2.75) is 44.4 Å². The monoisotopic (exact) mass is 363 g/mol. The van der Waals surface area contributed by atoms with Crippen LogP contribution in [0.2, 0.25) is 0 Å². The molecular formula is C18H25N3O3S. The standard InChI is InChI=1S/C18H25N3O3S/c1-18(2,3)24-17(22)21-10-6-7-13(11-21)12-25(23)16-19-14-8-4-5-9-15(14)20-16/h4-5,8-9,13H,6-7,10-12H2,1-3H3,(H,19,20). The summed E-state index contributed by atoms with van der Waals surface area (Å²) in [7, 11) is -1.21. The molecule has 1 aliphatic heterocycles. The summed E-state index contributed by atoms with van der Waals surface area (Å²) in [5.74, 6) is 0.689. The summed E-state index contributed by atoms with van der Waals surface area (Å²) < 4.78 is 18.1. The van der Waals surface area contributed by atoms with Crippen LogP contribution in [-0.4, -0.2) is 49.6 Å². The number of hydrogen-bond donors (Lipinski definition) is 1. The van der Waals surface area contributed by atoms with Gasteiger partial charge in [-0.15, -0.1) is 0 Å². The number of fused-ring (bicyclic) bond motifs is 1. The number of aromatic amines is 1. The molecule has 0 bridgehead atoms. The van der Waals surface area contributed by atoms with Crippen LogP contribution in [0.25, 0.3) is 11.0 Å². The lowest BCUT2D eigenvalue weighted by Gasteiger charge is -2.33. The molecule has 7 heteroatoms. The zero-order chi connectivity index (χ0) is 18.0. The van der Waals surface area contributed by atoms with E-state index < -0.39 is 16.4 Å². The summed E-state index contributed by atoms with van der Waals surface area (Å²) in [6.45, 7) is 6.87. The maximum atomic E-state index is 12.7. The number of benzene rings is 1. The fraction of sp³-hybridized carbons (Fsp3) is 0.556. The van der Waals surface area contributed by atoms with Crippen molar-refractivity contribution in [3.8, 4) is 0 Å². The van der Waals surface area contributed by atoms with Crippen LogP contribution in [0, 0.1) is 5.92 Å². The van der Waals surface area contributed by atoms with Crippen molar-refractivity contribution in [1.29, 1.82) is 0 Å². The Morgan fingerprint density at radius 2 is 2.16 bits per heavy atom. The van der Waals surface area contributed by atoms with Gasteiger partial charge in [0.1, 0.15) is 5.60 Å². The quantitative estimate of drug-likeness (QED) is 0.908. The van der Waals surface area contributed by atoms with Crippen molar-refractivity contribution in [2.24, 2.45) is 5.92 Å². The van der Waals surface area contributed by atoms with Crippen molar-refractivity contribution in [3.05, 3.63) is 24.3 Å². The number of hydrogen-bond acceptors (Lipinski definition) is 4. The van der Waals surface area contributed by atoms with E-state index >= 15 is 0 Å². The highest BCUT2D eigenvalue weighted by atomic mass is 32.2. The maximum Gasteiger partial charge on any atom is 0.410 e. The van der Waals surface area contributed by atoms with Gasteiger partial charge in [-0.2, -0.15) is 0 Å². The number of piperidine rings is 1. The zero-order valence-corrected chi connectivity index (χ0v) is 15.8. The number of carbonyl (C=O) groups is 1. The fourth-order valence-electron chi connectivity index (χ4n) is 3.02. The topological polar surface area (TPSA) is 75.3 Å². The van der Waals surface area contributed by atoms with Crippen LogP contribution in [0.1, 0.15) is 33.6 Å². The highest BCUT2D eigenvalue weighted by Crippen LogP contribution is 2.22. The van der Waals surface area contributed by atoms with Gasteiger partial charge in [0.15, 0.2) is 5.16 Å². The molecule has 136 valence electrons. The molecule has 0 radical (unpaired) electrons. The molecule has 25 heavy (non-hydrogen) atoms. The van der Waals surface area contributed by atoms with Crippen LogP contribution in [-0.2, 0) is 15.5 Å². The molecule has 2 atom stereocenters. The van der Waals surface area contributed by atoms with Gasteiger partial charge in [0, 0.05) is 18.8 Å². The molecule has 1 amide bonds. The Morgan fingerprint density at radius 1 is 1.40 bits per heavy atom. The van der Waals surface area contributed by atoms with Crippen LogP contribution in [0.15, 0.2) is 29.4 Å². The molecule has 2 aromatic rings. The van der Waals surface area contributed by atoms with E-state index in [0.717, 1.165) is 23.9 Å². The van der Waals surface area contributed by atoms with E-state index in [1.54, 1.807) is 4.90 Å². The highest BCUT2D eigenvalue weighted by molar-refractivity contribution is 7.84. The van der Waals surface area contributed by atoms with Crippen molar-refractivity contribution in [3.63, 3.8) is 0 Å². The number of aromatic nitrogens is 2. The van der Waals surface area contributed by atoms with Gasteiger partial charge in [-0.25, -0.2) is 9.78 Å². The van der Waals surface area contributed by atoms with E-state index in [1.165, 1.54) is 0 Å². The van der Waals surface area contributed by atoms with Crippen LogP contribution >= 0.6 is 0 Å². The summed E-state index contributed by atoms with van der Waals surface area (Å²) in [6.07, 6.45) is 1.58. The third-order valence-electron chi connectivity index (χ3n) is 4.14. The van der Waals surface area contributed by atoms with E-state index in [4.69, 9.17) is 4.74 Å². The molecule has 6 nitrogen and oxygen atoms in total. The molecule has 0 saturated carbocycles. The van der Waals surface area contributed by atoms with Gasteiger partial charge >= 0.3 is 6.09 Å². The zero-order valence-electron chi connectivity index (χ0n) is 14.9. The number of imidazole rings is 1. The number of ether oxygens (including phenoxy) is 1. The number of nitrogens with zero attached hydrogens (tertiary/aromatic N) is 2. The van der Waals surface area contributed by atoms with Crippen LogP contribution in [0.3, 0.4) is 0 Å². The summed E-state index contributed by atoms with van der Waals surface area (Å²) in [5.41, 5.74) is 1.22. The lowest BCUT2D eigenvalue weighted by Crippen LogP contribution is -2.44. The molecule has 2 unspecified atom stereocenters. The summed E-state index contributed by atoms with van der Waals surface area (Å²) >= 11 is 0. The van der Waals surface area contributed by atoms with E-state index in [2.05, 4.69) is 9.97 Å². The Bertz CT molecular complexity index is 748. The number of H-pyrrole nitrogens is 1. The Morgan fingerprint density at radius 3 is 2.88 bits per heavy atom. The smallest absolute Gasteiger partial charge is 0.410 e. The second kappa shape index (κ2) is 7.15. The van der Waals surface area contributed by atoms with Gasteiger partial charge in [-0.05, 0) is 51.7 Å². The highest BCUT2D eigenvalue weighted by Gasteiger charge is 2.29. The molecule has 1 saturated heterocycles. The number of para-hydroxylation sites is 2. The molecule has 2 heterocycles. The molecule has 0 spiro atoms. The maximum absolute atomic E-state index is 12.7. The first-order chi connectivity index (χ1) is 11.8. The van der Waals surface area contributed by atoms with Gasteiger partial charge in [0.05, 0.1) is 21.8 Å². The SMILES string of the molecule is CC(C)(C)OC(=O)N1CCCC(CS(=O)c2nc3ccccc3[nH]2)C1. The Kier molecular flexibility index (Phi) is 5.13. The molecule has 1 fully saturated rings. The second-order valence-electron chi connectivity index (χ2n) is 7.51. The summed E-state index contributed by atoms with van der Waals surface area (Å²) in [4.78, 5) is 21.5. The number of likely N-dealkylation sites (tertiary alicyclic amines) is 1. The van der Waals surface area contributed by atoms with E-state index in [-0.39, 0.29) is 12.0 Å². The molecule has 1 N–H and O–H groups in total. The molecule has 0 aliphatic carbocycles. The average Bonchev–Trinajstić information content (AvgIpc) is 2.98.